The first-order valence-corrected chi connectivity index (χ1v) is 6.68. The predicted octanol–water partition coefficient (Wildman–Crippen LogP) is 1.91. The Morgan fingerprint density at radius 1 is 1.44 bits per heavy atom. The van der Waals surface area contributed by atoms with Crippen molar-refractivity contribution in [1.82, 2.24) is 20.3 Å². The summed E-state index contributed by atoms with van der Waals surface area (Å²) in [5, 5.41) is 11.5. The van der Waals surface area contributed by atoms with Gasteiger partial charge in [-0.15, -0.1) is 5.10 Å². The van der Waals surface area contributed by atoms with Gasteiger partial charge in [-0.2, -0.15) is 9.90 Å². The van der Waals surface area contributed by atoms with Crippen molar-refractivity contribution in [2.45, 2.75) is 59.0 Å². The molecule has 1 aromatic rings. The monoisotopic (exact) mass is 250 g/mol. The zero-order valence-electron chi connectivity index (χ0n) is 11.7. The smallest absolute Gasteiger partial charge is 0.274 e. The largest absolute Gasteiger partial charge is 0.345 e. The summed E-state index contributed by atoms with van der Waals surface area (Å²) in [6, 6.07) is 0. The molecule has 5 nitrogen and oxygen atoms in total. The van der Waals surface area contributed by atoms with Crippen LogP contribution in [0.1, 0.15) is 56.2 Å². The van der Waals surface area contributed by atoms with Crippen molar-refractivity contribution < 1.29 is 4.79 Å². The minimum atomic E-state index is -0.155. The maximum atomic E-state index is 12.2. The Labute approximate surface area is 108 Å². The first kappa shape index (κ1) is 13.1. The molecule has 1 aliphatic carbocycles. The highest BCUT2D eigenvalue weighted by Crippen LogP contribution is 2.35. The number of hydrogen-bond donors (Lipinski definition) is 1. The molecule has 1 amide bonds. The summed E-state index contributed by atoms with van der Waals surface area (Å²) in [6.45, 7) is 8.65. The number of carbonyl (C=O) groups excluding carboxylic acids is 1. The third-order valence-corrected chi connectivity index (χ3v) is 3.88. The first-order chi connectivity index (χ1) is 8.44. The molecule has 0 atom stereocenters. The molecule has 1 saturated carbocycles. The minimum absolute atomic E-state index is 0.107. The fraction of sp³-hybridized carbons (Fsp3) is 0.769. The van der Waals surface area contributed by atoms with Gasteiger partial charge in [-0.1, -0.05) is 6.42 Å². The normalized spacial score (nSPS) is 16.4. The lowest BCUT2D eigenvalue weighted by molar-refractivity contribution is 0.0820. The molecule has 0 radical (unpaired) electrons. The predicted molar refractivity (Wildman–Crippen MR) is 69.3 cm³/mol. The second-order valence-corrected chi connectivity index (χ2v) is 5.63. The van der Waals surface area contributed by atoms with E-state index in [0.717, 1.165) is 0 Å². The molecule has 0 aromatic carbocycles. The van der Waals surface area contributed by atoms with E-state index in [0.29, 0.717) is 23.9 Å². The van der Waals surface area contributed by atoms with Gasteiger partial charge in [0.2, 0.25) is 0 Å². The summed E-state index contributed by atoms with van der Waals surface area (Å²) in [5.74, 6) is 0.479. The highest BCUT2D eigenvalue weighted by atomic mass is 16.2. The average Bonchev–Trinajstić information content (AvgIpc) is 2.55. The van der Waals surface area contributed by atoms with Gasteiger partial charge < -0.3 is 5.32 Å². The molecule has 100 valence electrons. The molecule has 0 saturated heterocycles. The van der Waals surface area contributed by atoms with Crippen LogP contribution in [0.3, 0.4) is 0 Å². The molecule has 0 spiro atoms. The number of amides is 1. The molecule has 1 N–H and O–H groups in total. The quantitative estimate of drug-likeness (QED) is 0.888. The van der Waals surface area contributed by atoms with Crippen LogP contribution in [-0.2, 0) is 6.54 Å². The van der Waals surface area contributed by atoms with Crippen LogP contribution < -0.4 is 5.32 Å². The number of rotatable bonds is 4. The second kappa shape index (κ2) is 4.71. The lowest BCUT2D eigenvalue weighted by Gasteiger charge is -2.40. The van der Waals surface area contributed by atoms with Crippen molar-refractivity contribution in [3.05, 3.63) is 11.4 Å². The first-order valence-electron chi connectivity index (χ1n) is 6.68. The van der Waals surface area contributed by atoms with Crippen LogP contribution in [0.4, 0.5) is 0 Å². The standard InChI is InChI=1S/C13H22N4O/c1-5-17-15-9(2)11(16-17)12(18)14-13(3,4)10-7-6-8-10/h10H,5-8H2,1-4H3,(H,14,18). The van der Waals surface area contributed by atoms with Crippen LogP contribution in [0, 0.1) is 12.8 Å². The van der Waals surface area contributed by atoms with Crippen LogP contribution in [0.5, 0.6) is 0 Å². The SMILES string of the molecule is CCn1nc(C)c(C(=O)NC(C)(C)C2CCC2)n1. The Morgan fingerprint density at radius 2 is 2.11 bits per heavy atom. The topological polar surface area (TPSA) is 59.8 Å². The number of nitrogens with one attached hydrogen (secondary N) is 1. The number of nitrogens with zero attached hydrogens (tertiary/aromatic N) is 3. The number of aryl methyl sites for hydroxylation is 2. The Hall–Kier alpha value is -1.39. The van der Waals surface area contributed by atoms with Crippen LogP contribution in [0.15, 0.2) is 0 Å². The third-order valence-electron chi connectivity index (χ3n) is 3.88. The van der Waals surface area contributed by atoms with Crippen molar-refractivity contribution in [3.63, 3.8) is 0 Å². The van der Waals surface area contributed by atoms with Crippen molar-refractivity contribution >= 4 is 5.91 Å². The van der Waals surface area contributed by atoms with Crippen LogP contribution >= 0.6 is 0 Å². The molecule has 1 aromatic heterocycles. The molecule has 0 unspecified atom stereocenters. The van der Waals surface area contributed by atoms with Crippen LogP contribution in [0.25, 0.3) is 0 Å². The number of carbonyl (C=O) groups is 1. The van der Waals surface area contributed by atoms with Crippen molar-refractivity contribution in [3.8, 4) is 0 Å². The lowest BCUT2D eigenvalue weighted by atomic mass is 9.72. The van der Waals surface area contributed by atoms with Gasteiger partial charge in [-0.05, 0) is 46.5 Å². The van der Waals surface area contributed by atoms with Crippen LogP contribution in [0.2, 0.25) is 0 Å². The van der Waals surface area contributed by atoms with Gasteiger partial charge in [0.15, 0.2) is 5.69 Å². The summed E-state index contributed by atoms with van der Waals surface area (Å²) in [4.78, 5) is 13.8. The molecule has 5 heteroatoms. The van der Waals surface area contributed by atoms with Crippen molar-refractivity contribution in [2.75, 3.05) is 0 Å². The molecule has 1 aliphatic rings. The van der Waals surface area contributed by atoms with Crippen molar-refractivity contribution in [2.24, 2.45) is 5.92 Å². The van der Waals surface area contributed by atoms with Gasteiger partial charge in [0.1, 0.15) is 0 Å². The number of hydrogen-bond acceptors (Lipinski definition) is 3. The van der Waals surface area contributed by atoms with Gasteiger partial charge >= 0.3 is 0 Å². The van der Waals surface area contributed by atoms with Gasteiger partial charge in [-0.3, -0.25) is 4.79 Å². The Bertz CT molecular complexity index is 446. The number of aromatic nitrogens is 3. The van der Waals surface area contributed by atoms with E-state index in [1.54, 1.807) is 4.80 Å². The summed E-state index contributed by atoms with van der Waals surface area (Å²) >= 11 is 0. The highest BCUT2D eigenvalue weighted by molar-refractivity contribution is 5.93. The fourth-order valence-electron chi connectivity index (χ4n) is 2.37. The Balaban J connectivity index is 2.08. The molecule has 0 bridgehead atoms. The Kier molecular flexibility index (Phi) is 3.41. The summed E-state index contributed by atoms with van der Waals surface area (Å²) < 4.78 is 0. The highest BCUT2D eigenvalue weighted by Gasteiger charge is 2.35. The second-order valence-electron chi connectivity index (χ2n) is 5.63. The molecular weight excluding hydrogens is 228 g/mol. The third kappa shape index (κ3) is 2.40. The van der Waals surface area contributed by atoms with Gasteiger partial charge in [0, 0.05) is 5.54 Å². The van der Waals surface area contributed by atoms with E-state index in [-0.39, 0.29) is 11.4 Å². The Morgan fingerprint density at radius 3 is 2.56 bits per heavy atom. The fourth-order valence-corrected chi connectivity index (χ4v) is 2.37. The maximum absolute atomic E-state index is 12.2. The van der Waals surface area contributed by atoms with Gasteiger partial charge in [0.05, 0.1) is 12.2 Å². The summed E-state index contributed by atoms with van der Waals surface area (Å²) in [6.07, 6.45) is 3.68. The van der Waals surface area contributed by atoms with E-state index in [1.165, 1.54) is 19.3 Å². The zero-order chi connectivity index (χ0) is 13.3. The van der Waals surface area contributed by atoms with E-state index in [4.69, 9.17) is 0 Å². The van der Waals surface area contributed by atoms with E-state index in [9.17, 15) is 4.79 Å². The molecular formula is C13H22N4O. The minimum Gasteiger partial charge on any atom is -0.345 e. The van der Waals surface area contributed by atoms with E-state index in [2.05, 4.69) is 29.4 Å². The van der Waals surface area contributed by atoms with Crippen molar-refractivity contribution in [1.29, 1.82) is 0 Å². The molecule has 1 fully saturated rings. The molecule has 1 heterocycles. The van der Waals surface area contributed by atoms with Gasteiger partial charge in [0.25, 0.3) is 5.91 Å². The van der Waals surface area contributed by atoms with Crippen LogP contribution in [-0.4, -0.2) is 26.4 Å². The van der Waals surface area contributed by atoms with E-state index >= 15 is 0 Å². The van der Waals surface area contributed by atoms with E-state index < -0.39 is 0 Å². The molecule has 18 heavy (non-hydrogen) atoms. The summed E-state index contributed by atoms with van der Waals surface area (Å²) in [7, 11) is 0. The lowest BCUT2D eigenvalue weighted by Crippen LogP contribution is -2.51. The zero-order valence-corrected chi connectivity index (χ0v) is 11.7. The maximum Gasteiger partial charge on any atom is 0.274 e. The molecule has 0 aliphatic heterocycles. The summed E-state index contributed by atoms with van der Waals surface area (Å²) in [5.41, 5.74) is 0.987. The van der Waals surface area contributed by atoms with E-state index in [1.807, 2.05) is 13.8 Å². The van der Waals surface area contributed by atoms with Gasteiger partial charge in [-0.25, -0.2) is 0 Å². The average molecular weight is 250 g/mol. The molecule has 2 rings (SSSR count).